The van der Waals surface area contributed by atoms with Gasteiger partial charge in [-0.3, -0.25) is 0 Å². The van der Waals surface area contributed by atoms with E-state index >= 15 is 0 Å². The summed E-state index contributed by atoms with van der Waals surface area (Å²) in [5, 5.41) is 8.68. The van der Waals surface area contributed by atoms with Gasteiger partial charge in [-0.2, -0.15) is 0 Å². The summed E-state index contributed by atoms with van der Waals surface area (Å²) in [4.78, 5) is 1.91. The number of β-amino-alcohol motifs (C(OH)–C–C–N with tert-alkyl or cyclic N) is 1. The molecule has 1 N–H and O–H groups in total. The van der Waals surface area contributed by atoms with Crippen molar-refractivity contribution in [1.82, 2.24) is 4.90 Å². The van der Waals surface area contributed by atoms with Crippen LogP contribution in [0, 0.1) is 5.92 Å². The maximum absolute atomic E-state index is 12.9. The fourth-order valence-corrected chi connectivity index (χ4v) is 1.81. The first-order valence-electron chi connectivity index (χ1n) is 4.75. The summed E-state index contributed by atoms with van der Waals surface area (Å²) in [6.45, 7) is 2.83. The van der Waals surface area contributed by atoms with Crippen molar-refractivity contribution in [3.05, 3.63) is 0 Å². The lowest BCUT2D eigenvalue weighted by atomic mass is 9.93. The van der Waals surface area contributed by atoms with E-state index < -0.39 is 11.8 Å². The van der Waals surface area contributed by atoms with E-state index in [4.69, 9.17) is 5.11 Å². The molecule has 1 rings (SSSR count). The summed E-state index contributed by atoms with van der Waals surface area (Å²) in [6.07, 6.45) is 1.42. The summed E-state index contributed by atoms with van der Waals surface area (Å²) in [5.41, 5.74) is 0. The highest BCUT2D eigenvalue weighted by atomic mass is 19.3. The Morgan fingerprint density at radius 2 is 2.23 bits per heavy atom. The lowest BCUT2D eigenvalue weighted by Gasteiger charge is -2.35. The zero-order valence-electron chi connectivity index (χ0n) is 7.97. The molecule has 1 aliphatic rings. The zero-order chi connectivity index (χ0) is 9.90. The molecule has 4 heteroatoms. The highest BCUT2D eigenvalue weighted by Gasteiger charge is 2.36. The molecule has 13 heavy (non-hydrogen) atoms. The summed E-state index contributed by atoms with van der Waals surface area (Å²) in [5.74, 6) is -3.11. The van der Waals surface area contributed by atoms with E-state index in [1.807, 2.05) is 4.90 Å². The molecule has 78 valence electrons. The fraction of sp³-hybridized carbons (Fsp3) is 1.00. The molecular formula is C9H17F2NO. The van der Waals surface area contributed by atoms with Crippen LogP contribution in [0.25, 0.3) is 0 Å². The second-order valence-electron chi connectivity index (χ2n) is 3.82. The summed E-state index contributed by atoms with van der Waals surface area (Å²) >= 11 is 0. The number of alkyl halides is 2. The van der Waals surface area contributed by atoms with Crippen LogP contribution in [0.1, 0.15) is 19.8 Å². The van der Waals surface area contributed by atoms with Crippen molar-refractivity contribution in [2.75, 3.05) is 26.2 Å². The van der Waals surface area contributed by atoms with Gasteiger partial charge < -0.3 is 10.0 Å². The monoisotopic (exact) mass is 193 g/mol. The van der Waals surface area contributed by atoms with Gasteiger partial charge in [0.1, 0.15) is 0 Å². The van der Waals surface area contributed by atoms with Crippen molar-refractivity contribution in [2.45, 2.75) is 25.7 Å². The molecule has 0 unspecified atom stereocenters. The van der Waals surface area contributed by atoms with Crippen LogP contribution in [0.2, 0.25) is 0 Å². The Kier molecular flexibility index (Phi) is 3.62. The van der Waals surface area contributed by atoms with Gasteiger partial charge in [-0.1, -0.05) is 0 Å². The average molecular weight is 193 g/mol. The average Bonchev–Trinajstić information content (AvgIpc) is 2.04. The molecule has 0 aromatic rings. The van der Waals surface area contributed by atoms with E-state index in [0.717, 1.165) is 19.9 Å². The third-order valence-corrected chi connectivity index (χ3v) is 2.64. The minimum absolute atomic E-state index is 0.0575. The number of hydrogen-bond acceptors (Lipinski definition) is 2. The van der Waals surface area contributed by atoms with Crippen LogP contribution in [0.4, 0.5) is 8.78 Å². The molecule has 0 bridgehead atoms. The Hall–Kier alpha value is -0.220. The largest absolute Gasteiger partial charge is 0.395 e. The van der Waals surface area contributed by atoms with Crippen molar-refractivity contribution in [1.29, 1.82) is 0 Å². The highest BCUT2D eigenvalue weighted by molar-refractivity contribution is 4.80. The normalized spacial score (nSPS) is 26.3. The Balaban J connectivity index is 2.42. The first-order valence-corrected chi connectivity index (χ1v) is 4.75. The van der Waals surface area contributed by atoms with Gasteiger partial charge in [-0.25, -0.2) is 8.78 Å². The molecule has 0 saturated carbocycles. The minimum atomic E-state index is -2.58. The van der Waals surface area contributed by atoms with Gasteiger partial charge >= 0.3 is 0 Å². The molecule has 0 spiro atoms. The van der Waals surface area contributed by atoms with Crippen LogP contribution in [0.3, 0.4) is 0 Å². The van der Waals surface area contributed by atoms with Crippen molar-refractivity contribution in [2.24, 2.45) is 5.92 Å². The summed E-state index contributed by atoms with van der Waals surface area (Å²) in [7, 11) is 0. The van der Waals surface area contributed by atoms with E-state index in [-0.39, 0.29) is 6.61 Å². The maximum Gasteiger partial charge on any atom is 0.249 e. The number of aliphatic hydroxyl groups is 1. The minimum Gasteiger partial charge on any atom is -0.395 e. The second-order valence-corrected chi connectivity index (χ2v) is 3.82. The van der Waals surface area contributed by atoms with Gasteiger partial charge in [0.15, 0.2) is 0 Å². The third kappa shape index (κ3) is 3.19. The Morgan fingerprint density at radius 1 is 1.54 bits per heavy atom. The van der Waals surface area contributed by atoms with Crippen LogP contribution in [-0.4, -0.2) is 42.2 Å². The number of halogens is 2. The summed E-state index contributed by atoms with van der Waals surface area (Å²) < 4.78 is 25.9. The molecule has 0 radical (unpaired) electrons. The second kappa shape index (κ2) is 4.33. The molecule has 0 amide bonds. The molecule has 0 aliphatic carbocycles. The highest BCUT2D eigenvalue weighted by Crippen LogP contribution is 2.31. The molecule has 0 aromatic heterocycles. The predicted molar refractivity (Wildman–Crippen MR) is 46.9 cm³/mol. The topological polar surface area (TPSA) is 23.5 Å². The molecule has 1 aliphatic heterocycles. The van der Waals surface area contributed by atoms with Gasteiger partial charge in [0.05, 0.1) is 6.61 Å². The van der Waals surface area contributed by atoms with Crippen LogP contribution in [0.5, 0.6) is 0 Å². The molecule has 1 heterocycles. The first-order chi connectivity index (χ1) is 6.04. The predicted octanol–water partition coefficient (Wildman–Crippen LogP) is 1.35. The lowest BCUT2D eigenvalue weighted by molar-refractivity contribution is -0.0673. The number of hydrogen-bond donors (Lipinski definition) is 1. The molecule has 0 aromatic carbocycles. The number of piperidine rings is 1. The van der Waals surface area contributed by atoms with E-state index in [9.17, 15) is 8.78 Å². The van der Waals surface area contributed by atoms with E-state index in [0.29, 0.717) is 19.5 Å². The lowest BCUT2D eigenvalue weighted by Crippen LogP contribution is -2.43. The van der Waals surface area contributed by atoms with Crippen molar-refractivity contribution in [3.8, 4) is 0 Å². The van der Waals surface area contributed by atoms with Gasteiger partial charge in [0.2, 0.25) is 5.92 Å². The molecular weight excluding hydrogens is 176 g/mol. The Morgan fingerprint density at radius 3 is 2.77 bits per heavy atom. The Labute approximate surface area is 77.5 Å². The standard InChI is InChI=1S/C9H17F2NO/c1-9(10,11)8-3-2-4-12(7-8)5-6-13/h8,13H,2-7H2,1H3/t8-/m0/s1. The molecule has 1 fully saturated rings. The van der Waals surface area contributed by atoms with Crippen LogP contribution in [0.15, 0.2) is 0 Å². The van der Waals surface area contributed by atoms with Crippen LogP contribution < -0.4 is 0 Å². The van der Waals surface area contributed by atoms with Crippen molar-refractivity contribution < 1.29 is 13.9 Å². The van der Waals surface area contributed by atoms with E-state index in [2.05, 4.69) is 0 Å². The van der Waals surface area contributed by atoms with E-state index in [1.54, 1.807) is 0 Å². The summed E-state index contributed by atoms with van der Waals surface area (Å²) in [6, 6.07) is 0. The number of rotatable bonds is 3. The van der Waals surface area contributed by atoms with Crippen LogP contribution >= 0.6 is 0 Å². The smallest absolute Gasteiger partial charge is 0.249 e. The van der Waals surface area contributed by atoms with Crippen molar-refractivity contribution >= 4 is 0 Å². The molecule has 2 nitrogen and oxygen atoms in total. The maximum atomic E-state index is 12.9. The number of aliphatic hydroxyl groups excluding tert-OH is 1. The first kappa shape index (κ1) is 10.9. The molecule has 1 saturated heterocycles. The number of likely N-dealkylation sites (tertiary alicyclic amines) is 1. The SMILES string of the molecule is CC(F)(F)[C@H]1CCCN(CCO)C1. The van der Waals surface area contributed by atoms with Gasteiger partial charge in [0.25, 0.3) is 0 Å². The van der Waals surface area contributed by atoms with Gasteiger partial charge in [0, 0.05) is 19.0 Å². The third-order valence-electron chi connectivity index (χ3n) is 2.64. The van der Waals surface area contributed by atoms with E-state index in [1.165, 1.54) is 0 Å². The van der Waals surface area contributed by atoms with Crippen LogP contribution in [-0.2, 0) is 0 Å². The van der Waals surface area contributed by atoms with Gasteiger partial charge in [-0.05, 0) is 26.3 Å². The van der Waals surface area contributed by atoms with Gasteiger partial charge in [-0.15, -0.1) is 0 Å². The van der Waals surface area contributed by atoms with Crippen molar-refractivity contribution in [3.63, 3.8) is 0 Å². The zero-order valence-corrected chi connectivity index (χ0v) is 7.97. The molecule has 1 atom stereocenters. The quantitative estimate of drug-likeness (QED) is 0.731. The number of nitrogens with zero attached hydrogens (tertiary/aromatic N) is 1. The Bertz CT molecular complexity index is 156. The fourth-order valence-electron chi connectivity index (χ4n) is 1.81.